The molecule has 1 aliphatic heterocycles. The van der Waals surface area contributed by atoms with Gasteiger partial charge in [0.15, 0.2) is 5.60 Å². The highest BCUT2D eigenvalue weighted by molar-refractivity contribution is 5.96. The van der Waals surface area contributed by atoms with Gasteiger partial charge < -0.3 is 10.1 Å². The predicted molar refractivity (Wildman–Crippen MR) is 95.7 cm³/mol. The SMILES string of the molecule is CC1(C)[C@@]2(C)CC[C@]1(C(=O)N[C@@H]1C[C@@]3(C)CC[C@@]1(C)C3(C)C)OC2=O. The summed E-state index contributed by atoms with van der Waals surface area (Å²) in [5.41, 5.74) is -1.46. The molecule has 25 heavy (non-hydrogen) atoms. The zero-order valence-electron chi connectivity index (χ0n) is 16.8. The fraction of sp³-hybridized carbons (Fsp3) is 0.905. The van der Waals surface area contributed by atoms with Gasteiger partial charge in [0.25, 0.3) is 5.91 Å². The van der Waals surface area contributed by atoms with Gasteiger partial charge in [0.2, 0.25) is 0 Å². The Kier molecular flexibility index (Phi) is 2.95. The Morgan fingerprint density at radius 3 is 2.00 bits per heavy atom. The summed E-state index contributed by atoms with van der Waals surface area (Å²) in [6.07, 6.45) is 4.77. The van der Waals surface area contributed by atoms with Crippen LogP contribution in [0.15, 0.2) is 0 Å². The van der Waals surface area contributed by atoms with Crippen molar-refractivity contribution in [2.75, 3.05) is 0 Å². The predicted octanol–water partition coefficient (Wildman–Crippen LogP) is 3.83. The molecule has 1 N–H and O–H groups in total. The molecule has 4 bridgehead atoms. The molecule has 1 saturated heterocycles. The van der Waals surface area contributed by atoms with Crippen LogP contribution in [0, 0.1) is 27.1 Å². The molecule has 3 saturated carbocycles. The fourth-order valence-corrected chi connectivity index (χ4v) is 6.73. The van der Waals surface area contributed by atoms with Crippen molar-refractivity contribution in [3.63, 3.8) is 0 Å². The molecule has 0 aromatic rings. The van der Waals surface area contributed by atoms with Crippen molar-refractivity contribution in [2.24, 2.45) is 27.1 Å². The Labute approximate surface area is 151 Å². The summed E-state index contributed by atoms with van der Waals surface area (Å²) in [5.74, 6) is -0.268. The summed E-state index contributed by atoms with van der Waals surface area (Å²) in [6, 6.07) is 0.157. The molecule has 4 rings (SSSR count). The number of nitrogens with one attached hydrogen (secondary N) is 1. The van der Waals surface area contributed by atoms with E-state index in [1.165, 1.54) is 6.42 Å². The molecule has 1 amide bonds. The topological polar surface area (TPSA) is 55.4 Å². The van der Waals surface area contributed by atoms with E-state index >= 15 is 0 Å². The number of hydrogen-bond donors (Lipinski definition) is 1. The molecule has 140 valence electrons. The third kappa shape index (κ3) is 1.54. The first-order valence-corrected chi connectivity index (χ1v) is 9.82. The van der Waals surface area contributed by atoms with Crippen LogP contribution < -0.4 is 5.32 Å². The van der Waals surface area contributed by atoms with E-state index in [2.05, 4.69) is 33.0 Å². The lowest BCUT2D eigenvalue weighted by molar-refractivity contribution is -0.169. The maximum atomic E-state index is 13.4. The molecule has 1 heterocycles. The van der Waals surface area contributed by atoms with E-state index < -0.39 is 16.4 Å². The van der Waals surface area contributed by atoms with Crippen LogP contribution >= 0.6 is 0 Å². The van der Waals surface area contributed by atoms with E-state index in [4.69, 9.17) is 4.74 Å². The Bertz CT molecular complexity index is 683. The first kappa shape index (κ1) is 17.4. The van der Waals surface area contributed by atoms with E-state index in [1.54, 1.807) is 0 Å². The molecule has 0 aromatic carbocycles. The van der Waals surface area contributed by atoms with E-state index in [0.29, 0.717) is 6.42 Å². The molecular weight excluding hydrogens is 314 g/mol. The first-order valence-electron chi connectivity index (χ1n) is 9.82. The van der Waals surface area contributed by atoms with Crippen LogP contribution in [0.4, 0.5) is 0 Å². The second-order valence-corrected chi connectivity index (χ2v) is 11.0. The van der Waals surface area contributed by atoms with Crippen molar-refractivity contribution in [1.29, 1.82) is 0 Å². The van der Waals surface area contributed by atoms with Gasteiger partial charge in [-0.3, -0.25) is 9.59 Å². The molecule has 4 heteroatoms. The lowest BCUT2D eigenvalue weighted by atomic mass is 9.65. The van der Waals surface area contributed by atoms with Gasteiger partial charge in [0.05, 0.1) is 5.41 Å². The highest BCUT2D eigenvalue weighted by atomic mass is 16.6. The molecule has 0 spiro atoms. The number of rotatable bonds is 2. The van der Waals surface area contributed by atoms with Crippen molar-refractivity contribution in [3.05, 3.63) is 0 Å². The van der Waals surface area contributed by atoms with E-state index in [-0.39, 0.29) is 34.2 Å². The van der Waals surface area contributed by atoms with Gasteiger partial charge in [-0.1, -0.05) is 41.5 Å². The molecule has 0 unspecified atom stereocenters. The molecule has 3 aliphatic carbocycles. The Morgan fingerprint density at radius 2 is 1.60 bits per heavy atom. The summed E-state index contributed by atoms with van der Waals surface area (Å²) in [6.45, 7) is 15.4. The van der Waals surface area contributed by atoms with E-state index in [9.17, 15) is 9.59 Å². The minimum absolute atomic E-state index is 0.0646. The molecule has 0 radical (unpaired) electrons. The van der Waals surface area contributed by atoms with Crippen LogP contribution in [0.2, 0.25) is 0 Å². The standard InChI is InChI=1S/C21H33NO3/c1-16(2)18(5)8-9-19(16,6)13(12-18)22-14(23)21-11-10-20(7,15(24)25-21)17(21,3)4/h13H,8-12H2,1-7H3,(H,22,23)/t13-,18-,19-,20+,21-/m1/s1. The van der Waals surface area contributed by atoms with Gasteiger partial charge in [0.1, 0.15) is 0 Å². The number of esters is 1. The smallest absolute Gasteiger partial charge is 0.313 e. The summed E-state index contributed by atoms with van der Waals surface area (Å²) in [5, 5.41) is 3.37. The zero-order valence-corrected chi connectivity index (χ0v) is 16.8. The lowest BCUT2D eigenvalue weighted by Gasteiger charge is -2.42. The van der Waals surface area contributed by atoms with E-state index in [0.717, 1.165) is 19.3 Å². The van der Waals surface area contributed by atoms with Crippen molar-refractivity contribution in [2.45, 2.75) is 92.2 Å². The Balaban J connectivity index is 1.64. The normalized spacial score (nSPS) is 51.6. The number of amides is 1. The van der Waals surface area contributed by atoms with Crippen molar-refractivity contribution >= 4 is 11.9 Å². The van der Waals surface area contributed by atoms with Crippen molar-refractivity contribution in [1.82, 2.24) is 5.32 Å². The zero-order chi connectivity index (χ0) is 18.7. The van der Waals surface area contributed by atoms with Crippen LogP contribution in [0.5, 0.6) is 0 Å². The average molecular weight is 347 g/mol. The molecular formula is C21H33NO3. The maximum Gasteiger partial charge on any atom is 0.313 e. The molecule has 0 aromatic heterocycles. The van der Waals surface area contributed by atoms with Gasteiger partial charge in [-0.25, -0.2) is 0 Å². The number of carbonyl (C=O) groups excluding carboxylic acids is 2. The molecule has 4 nitrogen and oxygen atoms in total. The largest absolute Gasteiger partial charge is 0.448 e. The Hall–Kier alpha value is -1.06. The first-order chi connectivity index (χ1) is 11.3. The quantitative estimate of drug-likeness (QED) is 0.772. The fourth-order valence-electron chi connectivity index (χ4n) is 6.73. The van der Waals surface area contributed by atoms with Crippen molar-refractivity contribution < 1.29 is 14.3 Å². The highest BCUT2D eigenvalue weighted by Crippen LogP contribution is 2.72. The van der Waals surface area contributed by atoms with Gasteiger partial charge in [0, 0.05) is 11.5 Å². The van der Waals surface area contributed by atoms with E-state index in [1.807, 2.05) is 20.8 Å². The third-order valence-electron chi connectivity index (χ3n) is 10.3. The maximum absolute atomic E-state index is 13.4. The van der Waals surface area contributed by atoms with Crippen LogP contribution in [0.25, 0.3) is 0 Å². The average Bonchev–Trinajstić information content (AvgIpc) is 2.94. The Morgan fingerprint density at radius 1 is 0.960 bits per heavy atom. The minimum Gasteiger partial charge on any atom is -0.448 e. The third-order valence-corrected chi connectivity index (χ3v) is 10.3. The van der Waals surface area contributed by atoms with Gasteiger partial charge >= 0.3 is 5.97 Å². The highest BCUT2D eigenvalue weighted by Gasteiger charge is 2.76. The van der Waals surface area contributed by atoms with Crippen LogP contribution in [0.1, 0.15) is 80.6 Å². The number of hydrogen-bond acceptors (Lipinski definition) is 3. The molecule has 5 atom stereocenters. The van der Waals surface area contributed by atoms with Crippen LogP contribution in [-0.2, 0) is 14.3 Å². The second-order valence-electron chi connectivity index (χ2n) is 11.0. The summed E-state index contributed by atoms with van der Waals surface area (Å²) >= 11 is 0. The van der Waals surface area contributed by atoms with Gasteiger partial charge in [-0.15, -0.1) is 0 Å². The number of ether oxygens (including phenoxy) is 1. The lowest BCUT2D eigenvalue weighted by Crippen LogP contribution is -2.58. The van der Waals surface area contributed by atoms with Gasteiger partial charge in [-0.05, 0) is 55.3 Å². The minimum atomic E-state index is -0.998. The molecule has 4 fully saturated rings. The number of fused-ring (bicyclic) bond motifs is 4. The van der Waals surface area contributed by atoms with Gasteiger partial charge in [-0.2, -0.15) is 0 Å². The molecule has 4 aliphatic rings. The summed E-state index contributed by atoms with van der Waals surface area (Å²) in [4.78, 5) is 25.9. The summed E-state index contributed by atoms with van der Waals surface area (Å²) in [7, 11) is 0. The summed E-state index contributed by atoms with van der Waals surface area (Å²) < 4.78 is 5.78. The second kappa shape index (κ2) is 4.26. The number of carbonyl (C=O) groups is 2. The van der Waals surface area contributed by atoms with Crippen molar-refractivity contribution in [3.8, 4) is 0 Å². The van der Waals surface area contributed by atoms with Crippen LogP contribution in [-0.4, -0.2) is 23.5 Å². The van der Waals surface area contributed by atoms with Crippen LogP contribution in [0.3, 0.4) is 0 Å². The monoisotopic (exact) mass is 347 g/mol.